The van der Waals surface area contributed by atoms with E-state index in [9.17, 15) is 13.2 Å². The molecule has 1 aromatic heterocycles. The molecule has 0 unspecified atom stereocenters. The second kappa shape index (κ2) is 9.60. The van der Waals surface area contributed by atoms with E-state index in [2.05, 4.69) is 14.9 Å². The maximum atomic E-state index is 13.5. The van der Waals surface area contributed by atoms with Gasteiger partial charge < -0.3 is 10.2 Å². The SMILES string of the molecule is O=C(Nc1ccc(N2CCCCC2)c(S(=O)(=O)Nc2ccccc2Cl)c1)c1cc2c(s1)CCC2. The number of piperidine rings is 1. The van der Waals surface area contributed by atoms with Crippen LogP contribution in [0.3, 0.4) is 0 Å². The Labute approximate surface area is 209 Å². The minimum Gasteiger partial charge on any atom is -0.370 e. The molecule has 1 amide bonds. The van der Waals surface area contributed by atoms with Crippen LogP contribution in [-0.4, -0.2) is 27.4 Å². The molecule has 178 valence electrons. The third-order valence-corrected chi connectivity index (χ3v) is 9.25. The summed E-state index contributed by atoms with van der Waals surface area (Å²) in [6.07, 6.45) is 6.33. The molecule has 0 atom stereocenters. The molecule has 1 aliphatic heterocycles. The van der Waals surface area contributed by atoms with Gasteiger partial charge in [-0.2, -0.15) is 0 Å². The van der Waals surface area contributed by atoms with E-state index in [1.54, 1.807) is 42.5 Å². The number of nitrogens with one attached hydrogen (secondary N) is 2. The van der Waals surface area contributed by atoms with Crippen LogP contribution in [-0.2, 0) is 22.9 Å². The smallest absolute Gasteiger partial charge is 0.265 e. The number of aryl methyl sites for hydroxylation is 2. The second-order valence-corrected chi connectivity index (χ2v) is 11.9. The van der Waals surface area contributed by atoms with Crippen LogP contribution in [0.1, 0.15) is 45.8 Å². The number of rotatable bonds is 6. The fourth-order valence-corrected chi connectivity index (χ4v) is 7.30. The number of amides is 1. The summed E-state index contributed by atoms with van der Waals surface area (Å²) < 4.78 is 29.6. The molecule has 1 fully saturated rings. The van der Waals surface area contributed by atoms with Crippen molar-refractivity contribution in [3.05, 3.63) is 68.9 Å². The lowest BCUT2D eigenvalue weighted by molar-refractivity contribution is 0.103. The van der Waals surface area contributed by atoms with Gasteiger partial charge in [-0.05, 0) is 80.5 Å². The number of carbonyl (C=O) groups excluding carboxylic acids is 1. The van der Waals surface area contributed by atoms with E-state index in [1.165, 1.54) is 21.8 Å². The average Bonchev–Trinajstić information content (AvgIpc) is 3.44. The maximum Gasteiger partial charge on any atom is 0.265 e. The lowest BCUT2D eigenvalue weighted by atomic mass is 10.1. The summed E-state index contributed by atoms with van der Waals surface area (Å²) in [6.45, 7) is 1.59. The van der Waals surface area contributed by atoms with Crippen LogP contribution in [0.15, 0.2) is 53.4 Å². The van der Waals surface area contributed by atoms with Crippen molar-refractivity contribution in [3.63, 3.8) is 0 Å². The highest BCUT2D eigenvalue weighted by Gasteiger charge is 2.25. The molecule has 5 rings (SSSR count). The molecule has 1 aliphatic carbocycles. The topological polar surface area (TPSA) is 78.5 Å². The molecule has 0 saturated carbocycles. The molecule has 2 heterocycles. The first kappa shape index (κ1) is 23.2. The quantitative estimate of drug-likeness (QED) is 0.426. The molecule has 0 radical (unpaired) electrons. The molecular formula is C25H26ClN3O3S2. The van der Waals surface area contributed by atoms with E-state index in [4.69, 9.17) is 11.6 Å². The number of thiophene rings is 1. The zero-order valence-corrected chi connectivity index (χ0v) is 21.0. The molecule has 2 aliphatic rings. The first-order valence-electron chi connectivity index (χ1n) is 11.5. The van der Waals surface area contributed by atoms with E-state index >= 15 is 0 Å². The number of carbonyl (C=O) groups is 1. The van der Waals surface area contributed by atoms with Crippen molar-refractivity contribution in [1.82, 2.24) is 0 Å². The number of hydrogen-bond acceptors (Lipinski definition) is 5. The summed E-state index contributed by atoms with van der Waals surface area (Å²) in [5.74, 6) is -0.215. The number of benzene rings is 2. The van der Waals surface area contributed by atoms with E-state index < -0.39 is 10.0 Å². The normalized spacial score (nSPS) is 15.7. The Kier molecular flexibility index (Phi) is 6.55. The highest BCUT2D eigenvalue weighted by atomic mass is 35.5. The van der Waals surface area contributed by atoms with Gasteiger partial charge in [0.05, 0.1) is 21.3 Å². The average molecular weight is 516 g/mol. The van der Waals surface area contributed by atoms with Crippen molar-refractivity contribution in [2.75, 3.05) is 28.0 Å². The molecule has 2 aromatic carbocycles. The van der Waals surface area contributed by atoms with Gasteiger partial charge in [0.2, 0.25) is 0 Å². The number of halogens is 1. The third kappa shape index (κ3) is 4.80. The lowest BCUT2D eigenvalue weighted by Crippen LogP contribution is -2.31. The summed E-state index contributed by atoms with van der Waals surface area (Å²) in [5, 5.41) is 3.22. The number of hydrogen-bond donors (Lipinski definition) is 2. The van der Waals surface area contributed by atoms with Gasteiger partial charge in [-0.1, -0.05) is 23.7 Å². The first-order chi connectivity index (χ1) is 16.4. The van der Waals surface area contributed by atoms with Crippen LogP contribution in [0.5, 0.6) is 0 Å². The monoisotopic (exact) mass is 515 g/mol. The number of fused-ring (bicyclic) bond motifs is 1. The van der Waals surface area contributed by atoms with Crippen LogP contribution in [0.25, 0.3) is 0 Å². The van der Waals surface area contributed by atoms with Crippen molar-refractivity contribution >= 4 is 55.9 Å². The Hall–Kier alpha value is -2.55. The van der Waals surface area contributed by atoms with Crippen molar-refractivity contribution in [2.24, 2.45) is 0 Å². The predicted molar refractivity (Wildman–Crippen MR) is 139 cm³/mol. The second-order valence-electron chi connectivity index (χ2n) is 8.68. The van der Waals surface area contributed by atoms with E-state index in [-0.39, 0.29) is 10.8 Å². The standard InChI is InChI=1S/C25H26ClN3O3S2/c26-19-8-2-3-9-20(19)28-34(31,32)24-16-18(11-12-21(24)29-13-4-1-5-14-29)27-25(30)23-15-17-7-6-10-22(17)33-23/h2-3,8-9,11-12,15-16,28H,1,4-7,10,13-14H2,(H,27,30). The molecular weight excluding hydrogens is 490 g/mol. The maximum absolute atomic E-state index is 13.5. The highest BCUT2D eigenvalue weighted by molar-refractivity contribution is 7.93. The fourth-order valence-electron chi connectivity index (χ4n) is 4.58. The first-order valence-corrected chi connectivity index (χ1v) is 14.2. The van der Waals surface area contributed by atoms with Gasteiger partial charge in [-0.15, -0.1) is 11.3 Å². The summed E-state index contributed by atoms with van der Waals surface area (Å²) >= 11 is 7.74. The van der Waals surface area contributed by atoms with Crippen molar-refractivity contribution in [3.8, 4) is 0 Å². The molecule has 2 N–H and O–H groups in total. The molecule has 34 heavy (non-hydrogen) atoms. The number of para-hydroxylation sites is 1. The predicted octanol–water partition coefficient (Wildman–Crippen LogP) is 5.93. The summed E-state index contributed by atoms with van der Waals surface area (Å²) in [4.78, 5) is 17.1. The minimum atomic E-state index is -3.96. The Balaban J connectivity index is 1.47. The van der Waals surface area contributed by atoms with E-state index in [0.29, 0.717) is 27.0 Å². The largest absolute Gasteiger partial charge is 0.370 e. The van der Waals surface area contributed by atoms with Crippen molar-refractivity contribution in [1.29, 1.82) is 0 Å². The van der Waals surface area contributed by atoms with Crippen LogP contribution in [0.4, 0.5) is 17.1 Å². The number of nitrogens with zero attached hydrogens (tertiary/aromatic N) is 1. The van der Waals surface area contributed by atoms with Gasteiger partial charge >= 0.3 is 0 Å². The van der Waals surface area contributed by atoms with Crippen LogP contribution in [0.2, 0.25) is 5.02 Å². The minimum absolute atomic E-state index is 0.126. The number of sulfonamides is 1. The molecule has 0 bridgehead atoms. The summed E-state index contributed by atoms with van der Waals surface area (Å²) in [7, 11) is -3.96. The van der Waals surface area contributed by atoms with Gasteiger partial charge in [-0.25, -0.2) is 8.42 Å². The Morgan fingerprint density at radius 2 is 1.76 bits per heavy atom. The summed E-state index contributed by atoms with van der Waals surface area (Å²) in [6, 6.07) is 13.8. The van der Waals surface area contributed by atoms with Crippen LogP contribution in [0, 0.1) is 0 Å². The van der Waals surface area contributed by atoms with Gasteiger partial charge in [0.1, 0.15) is 4.90 Å². The van der Waals surface area contributed by atoms with Gasteiger partial charge in [0.25, 0.3) is 15.9 Å². The van der Waals surface area contributed by atoms with Crippen molar-refractivity contribution < 1.29 is 13.2 Å². The third-order valence-electron chi connectivity index (χ3n) is 6.29. The van der Waals surface area contributed by atoms with E-state index in [1.807, 2.05) is 6.07 Å². The van der Waals surface area contributed by atoms with Crippen LogP contribution >= 0.6 is 22.9 Å². The fraction of sp³-hybridized carbons (Fsp3) is 0.320. The highest BCUT2D eigenvalue weighted by Crippen LogP contribution is 2.34. The molecule has 0 spiro atoms. The van der Waals surface area contributed by atoms with Gasteiger partial charge in [-0.3, -0.25) is 9.52 Å². The number of anilines is 3. The molecule has 1 saturated heterocycles. The Morgan fingerprint density at radius 3 is 2.53 bits per heavy atom. The Morgan fingerprint density at radius 1 is 0.971 bits per heavy atom. The van der Waals surface area contributed by atoms with E-state index in [0.717, 1.165) is 51.6 Å². The molecule has 9 heteroatoms. The van der Waals surface area contributed by atoms with Gasteiger partial charge in [0, 0.05) is 23.7 Å². The van der Waals surface area contributed by atoms with Crippen molar-refractivity contribution in [2.45, 2.75) is 43.4 Å². The zero-order chi connectivity index (χ0) is 23.7. The zero-order valence-electron chi connectivity index (χ0n) is 18.6. The van der Waals surface area contributed by atoms with Gasteiger partial charge in [0.15, 0.2) is 0 Å². The Bertz CT molecular complexity index is 1310. The van der Waals surface area contributed by atoms with Crippen LogP contribution < -0.4 is 14.9 Å². The molecule has 6 nitrogen and oxygen atoms in total. The summed E-state index contributed by atoms with van der Waals surface area (Å²) in [5.41, 5.74) is 2.64. The lowest BCUT2D eigenvalue weighted by Gasteiger charge is -2.30. The molecule has 3 aromatic rings.